The van der Waals surface area contributed by atoms with Crippen molar-refractivity contribution in [1.82, 2.24) is 19.2 Å². The predicted octanol–water partition coefficient (Wildman–Crippen LogP) is 6.29. The maximum Gasteiger partial charge on any atom is 0.269 e. The van der Waals surface area contributed by atoms with Crippen LogP contribution in [0.25, 0.3) is 28.0 Å². The van der Waals surface area contributed by atoms with E-state index in [9.17, 15) is 19.3 Å². The maximum absolute atomic E-state index is 13.3. The van der Waals surface area contributed by atoms with Gasteiger partial charge in [-0.15, -0.1) is 0 Å². The molecule has 5 aromatic rings. The Morgan fingerprint density at radius 3 is 2.29 bits per heavy atom. The van der Waals surface area contributed by atoms with Crippen LogP contribution >= 0.6 is 0 Å². The average molecular weight is 564 g/mol. The van der Waals surface area contributed by atoms with Gasteiger partial charge in [-0.1, -0.05) is 23.8 Å². The number of nitro groups is 1. The molecule has 6 rings (SSSR count). The van der Waals surface area contributed by atoms with Crippen LogP contribution in [0.1, 0.15) is 27.2 Å². The summed E-state index contributed by atoms with van der Waals surface area (Å²) in [5, 5.41) is 11.3. The fourth-order valence-corrected chi connectivity index (χ4v) is 5.52. The molecule has 3 heterocycles. The van der Waals surface area contributed by atoms with E-state index in [0.29, 0.717) is 38.3 Å². The van der Waals surface area contributed by atoms with E-state index in [-0.39, 0.29) is 17.4 Å². The van der Waals surface area contributed by atoms with Crippen LogP contribution in [-0.4, -0.2) is 56.2 Å². The first-order chi connectivity index (χ1) is 20.3. The molecule has 0 bridgehead atoms. The quantitative estimate of drug-likeness (QED) is 0.179. The van der Waals surface area contributed by atoms with E-state index in [0.717, 1.165) is 33.7 Å². The summed E-state index contributed by atoms with van der Waals surface area (Å²) in [6, 6.07) is 22.6. The van der Waals surface area contributed by atoms with Crippen molar-refractivity contribution in [3.05, 3.63) is 123 Å². The minimum absolute atomic E-state index is 0.0308. The van der Waals surface area contributed by atoms with Crippen molar-refractivity contribution in [2.75, 3.05) is 26.2 Å². The van der Waals surface area contributed by atoms with E-state index in [1.165, 1.54) is 47.5 Å². The monoisotopic (exact) mass is 563 g/mol. The lowest BCUT2D eigenvalue weighted by Gasteiger charge is -2.34. The number of hydrogen-bond acceptors (Lipinski definition) is 5. The normalized spacial score (nSPS) is 13.9. The highest BCUT2D eigenvalue weighted by Crippen LogP contribution is 2.31. The van der Waals surface area contributed by atoms with E-state index >= 15 is 0 Å². The number of imidazole rings is 1. The van der Waals surface area contributed by atoms with Crippen LogP contribution in [0.15, 0.2) is 85.1 Å². The highest BCUT2D eigenvalue weighted by molar-refractivity contribution is 5.94. The van der Waals surface area contributed by atoms with Crippen LogP contribution in [0.5, 0.6) is 0 Å². The molecular weight excluding hydrogens is 533 g/mol. The van der Waals surface area contributed by atoms with Crippen LogP contribution in [0, 0.1) is 29.8 Å². The molecule has 1 aliphatic rings. The second kappa shape index (κ2) is 11.2. The number of carbonyl (C=O) groups is 1. The van der Waals surface area contributed by atoms with Gasteiger partial charge in [-0.25, -0.2) is 9.37 Å². The number of aryl methyl sites for hydroxylation is 2. The number of hydrogen-bond donors (Lipinski definition) is 0. The molecule has 9 heteroatoms. The van der Waals surface area contributed by atoms with Crippen molar-refractivity contribution in [2.24, 2.45) is 0 Å². The highest BCUT2D eigenvalue weighted by Gasteiger charge is 2.25. The SMILES string of the molecule is Cc1ccc(C)c(-c2ccc3nc(-c4ccc([N+](=O)[O-])cc4)c(CN4CCN(C(=O)c5ccc(F)cc5)CC4)n3c2)c1. The van der Waals surface area contributed by atoms with Crippen LogP contribution in [-0.2, 0) is 6.54 Å². The lowest BCUT2D eigenvalue weighted by atomic mass is 10.00. The number of carbonyl (C=O) groups excluding carboxylic acids is 1. The summed E-state index contributed by atoms with van der Waals surface area (Å²) in [7, 11) is 0. The van der Waals surface area contributed by atoms with Crippen LogP contribution in [0.3, 0.4) is 0 Å². The second-order valence-electron chi connectivity index (χ2n) is 10.8. The Morgan fingerprint density at radius 2 is 1.60 bits per heavy atom. The molecular formula is C33H30FN5O3. The lowest BCUT2D eigenvalue weighted by molar-refractivity contribution is -0.384. The summed E-state index contributed by atoms with van der Waals surface area (Å²) in [6.07, 6.45) is 2.11. The van der Waals surface area contributed by atoms with Gasteiger partial charge in [0.25, 0.3) is 11.6 Å². The molecule has 1 amide bonds. The van der Waals surface area contributed by atoms with Crippen LogP contribution in [0.4, 0.5) is 10.1 Å². The van der Waals surface area contributed by atoms with Crippen molar-refractivity contribution in [1.29, 1.82) is 0 Å². The van der Waals surface area contributed by atoms with Crippen molar-refractivity contribution in [3.8, 4) is 22.4 Å². The number of non-ortho nitro benzene ring substituents is 1. The number of pyridine rings is 1. The number of fused-ring (bicyclic) bond motifs is 1. The third-order valence-corrected chi connectivity index (χ3v) is 7.90. The zero-order valence-electron chi connectivity index (χ0n) is 23.5. The van der Waals surface area contributed by atoms with Gasteiger partial charge in [0.05, 0.1) is 16.3 Å². The molecule has 1 aliphatic heterocycles. The number of aromatic nitrogens is 2. The van der Waals surface area contributed by atoms with Crippen LogP contribution in [0.2, 0.25) is 0 Å². The molecule has 8 nitrogen and oxygen atoms in total. The van der Waals surface area contributed by atoms with Gasteiger partial charge in [-0.3, -0.25) is 19.8 Å². The average Bonchev–Trinajstić information content (AvgIpc) is 3.36. The number of nitro benzene ring substituents is 1. The van der Waals surface area contributed by atoms with Gasteiger partial charge < -0.3 is 9.30 Å². The van der Waals surface area contributed by atoms with Crippen molar-refractivity contribution >= 4 is 17.2 Å². The van der Waals surface area contributed by atoms with Gasteiger partial charge >= 0.3 is 0 Å². The van der Waals surface area contributed by atoms with Gasteiger partial charge in [-0.2, -0.15) is 0 Å². The molecule has 1 fully saturated rings. The maximum atomic E-state index is 13.3. The predicted molar refractivity (Wildman–Crippen MR) is 160 cm³/mol. The van der Waals surface area contributed by atoms with Gasteiger partial charge in [-0.05, 0) is 79.1 Å². The minimum Gasteiger partial charge on any atom is -0.336 e. The molecule has 1 saturated heterocycles. The van der Waals surface area contributed by atoms with Crippen molar-refractivity contribution in [2.45, 2.75) is 20.4 Å². The van der Waals surface area contributed by atoms with Gasteiger partial charge in [0.1, 0.15) is 11.5 Å². The molecule has 0 radical (unpaired) electrons. The standard InChI is InChI=1S/C33H30FN5O3/c1-22-3-4-23(2)29(19-22)26-9-14-31-35-32(24-7-12-28(13-8-24)39(41)42)30(38(31)20-26)21-36-15-17-37(18-16-36)33(40)25-5-10-27(34)11-6-25/h3-14,19-20H,15-18,21H2,1-2H3. The largest absolute Gasteiger partial charge is 0.336 e. The molecule has 2 aromatic heterocycles. The van der Waals surface area contributed by atoms with Gasteiger partial charge in [0, 0.05) is 62.2 Å². The Kier molecular flexibility index (Phi) is 7.26. The molecule has 0 aliphatic carbocycles. The smallest absolute Gasteiger partial charge is 0.269 e. The molecule has 3 aromatic carbocycles. The minimum atomic E-state index is -0.405. The topological polar surface area (TPSA) is 84.0 Å². The number of rotatable bonds is 6. The number of piperazine rings is 1. The Labute approximate surface area is 242 Å². The summed E-state index contributed by atoms with van der Waals surface area (Å²) in [6.45, 7) is 7.19. The highest BCUT2D eigenvalue weighted by atomic mass is 19.1. The summed E-state index contributed by atoms with van der Waals surface area (Å²) in [5.41, 5.74) is 8.44. The zero-order chi connectivity index (χ0) is 29.4. The Balaban J connectivity index is 1.33. The van der Waals surface area contributed by atoms with E-state index < -0.39 is 4.92 Å². The summed E-state index contributed by atoms with van der Waals surface area (Å²) in [4.78, 5) is 32.9. The lowest BCUT2D eigenvalue weighted by Crippen LogP contribution is -2.48. The molecule has 212 valence electrons. The van der Waals surface area contributed by atoms with E-state index in [1.807, 2.05) is 6.07 Å². The number of halogens is 1. The Hall–Kier alpha value is -4.89. The Morgan fingerprint density at radius 1 is 0.905 bits per heavy atom. The molecule has 0 saturated carbocycles. The summed E-state index contributed by atoms with van der Waals surface area (Å²) >= 11 is 0. The van der Waals surface area contributed by atoms with Crippen molar-refractivity contribution in [3.63, 3.8) is 0 Å². The Bertz CT molecular complexity index is 1790. The molecule has 42 heavy (non-hydrogen) atoms. The molecule has 0 atom stereocenters. The third-order valence-electron chi connectivity index (χ3n) is 7.90. The fourth-order valence-electron chi connectivity index (χ4n) is 5.52. The first-order valence-corrected chi connectivity index (χ1v) is 13.9. The second-order valence-corrected chi connectivity index (χ2v) is 10.8. The first kappa shape index (κ1) is 27.3. The van der Waals surface area contributed by atoms with E-state index in [4.69, 9.17) is 4.98 Å². The van der Waals surface area contributed by atoms with Gasteiger partial charge in [0.15, 0.2) is 0 Å². The molecule has 0 unspecified atom stereocenters. The van der Waals surface area contributed by atoms with Crippen LogP contribution < -0.4 is 0 Å². The first-order valence-electron chi connectivity index (χ1n) is 13.9. The summed E-state index contributed by atoms with van der Waals surface area (Å²) in [5.74, 6) is -0.469. The summed E-state index contributed by atoms with van der Waals surface area (Å²) < 4.78 is 15.5. The fraction of sp³-hybridized carbons (Fsp3) is 0.212. The van der Waals surface area contributed by atoms with E-state index in [1.54, 1.807) is 17.0 Å². The van der Waals surface area contributed by atoms with Gasteiger partial charge in [0.2, 0.25) is 0 Å². The molecule has 0 N–H and O–H groups in total. The number of benzene rings is 3. The molecule has 0 spiro atoms. The number of nitrogens with zero attached hydrogens (tertiary/aromatic N) is 5. The van der Waals surface area contributed by atoms with Crippen molar-refractivity contribution < 1.29 is 14.1 Å². The zero-order valence-corrected chi connectivity index (χ0v) is 23.5. The third kappa shape index (κ3) is 5.38. The van der Waals surface area contributed by atoms with E-state index in [2.05, 4.69) is 53.6 Å². The number of amides is 1.